The highest BCUT2D eigenvalue weighted by molar-refractivity contribution is 5.77. The standard InChI is InChI=1S/C17H22F2N2O3/c18-12-3-4-16(15(19)8-12)21-6-5-13(9-21)20-17(22)11-23-10-14-2-1-7-24-14/h3-4,8,13-14H,1-2,5-7,9-11H2,(H,20,22). The van der Waals surface area contributed by atoms with E-state index in [1.807, 2.05) is 4.90 Å². The molecule has 2 aliphatic rings. The van der Waals surface area contributed by atoms with Gasteiger partial charge in [0.25, 0.3) is 0 Å². The first-order valence-corrected chi connectivity index (χ1v) is 8.30. The lowest BCUT2D eigenvalue weighted by molar-refractivity contribution is -0.127. The van der Waals surface area contributed by atoms with E-state index in [9.17, 15) is 13.6 Å². The van der Waals surface area contributed by atoms with Crippen LogP contribution in [-0.2, 0) is 14.3 Å². The first kappa shape index (κ1) is 17.1. The van der Waals surface area contributed by atoms with Crippen LogP contribution in [0.15, 0.2) is 18.2 Å². The van der Waals surface area contributed by atoms with Crippen molar-refractivity contribution in [2.24, 2.45) is 0 Å². The number of carbonyl (C=O) groups excluding carboxylic acids is 1. The molecule has 3 rings (SSSR count). The summed E-state index contributed by atoms with van der Waals surface area (Å²) in [5, 5.41) is 2.89. The van der Waals surface area contributed by atoms with Crippen molar-refractivity contribution >= 4 is 11.6 Å². The van der Waals surface area contributed by atoms with Gasteiger partial charge in [0, 0.05) is 31.8 Å². The monoisotopic (exact) mass is 340 g/mol. The molecule has 2 saturated heterocycles. The SMILES string of the molecule is O=C(COCC1CCCO1)NC1CCN(c2ccc(F)cc2F)C1. The van der Waals surface area contributed by atoms with Gasteiger partial charge >= 0.3 is 0 Å². The van der Waals surface area contributed by atoms with Gasteiger partial charge in [-0.15, -0.1) is 0 Å². The summed E-state index contributed by atoms with van der Waals surface area (Å²) in [4.78, 5) is 13.7. The van der Waals surface area contributed by atoms with Gasteiger partial charge in [0.1, 0.15) is 18.2 Å². The maximum Gasteiger partial charge on any atom is 0.246 e. The molecule has 132 valence electrons. The zero-order valence-corrected chi connectivity index (χ0v) is 13.5. The van der Waals surface area contributed by atoms with Crippen molar-refractivity contribution in [1.29, 1.82) is 0 Å². The minimum Gasteiger partial charge on any atom is -0.376 e. The molecule has 0 radical (unpaired) electrons. The summed E-state index contributed by atoms with van der Waals surface area (Å²) >= 11 is 0. The Hall–Kier alpha value is -1.73. The first-order valence-electron chi connectivity index (χ1n) is 8.30. The van der Waals surface area contributed by atoms with Gasteiger partial charge in [0.15, 0.2) is 0 Å². The molecule has 1 aromatic carbocycles. The number of benzene rings is 1. The molecule has 1 aromatic rings. The van der Waals surface area contributed by atoms with E-state index in [-0.39, 0.29) is 24.7 Å². The van der Waals surface area contributed by atoms with Crippen LogP contribution in [0.1, 0.15) is 19.3 Å². The molecule has 2 atom stereocenters. The summed E-state index contributed by atoms with van der Waals surface area (Å²) in [6, 6.07) is 3.48. The van der Waals surface area contributed by atoms with E-state index in [0.29, 0.717) is 31.8 Å². The van der Waals surface area contributed by atoms with Crippen LogP contribution in [0.4, 0.5) is 14.5 Å². The Balaban J connectivity index is 1.41. The summed E-state index contributed by atoms with van der Waals surface area (Å²) in [5.74, 6) is -1.36. The zero-order chi connectivity index (χ0) is 16.9. The van der Waals surface area contributed by atoms with E-state index >= 15 is 0 Å². The van der Waals surface area contributed by atoms with E-state index < -0.39 is 11.6 Å². The minimum absolute atomic E-state index is 0.00126. The molecule has 0 bridgehead atoms. The number of amides is 1. The van der Waals surface area contributed by atoms with Crippen molar-refractivity contribution in [1.82, 2.24) is 5.32 Å². The molecule has 0 spiro atoms. The van der Waals surface area contributed by atoms with Gasteiger partial charge in [-0.3, -0.25) is 4.79 Å². The average Bonchev–Trinajstić information content (AvgIpc) is 3.19. The maximum absolute atomic E-state index is 13.8. The maximum atomic E-state index is 13.8. The lowest BCUT2D eigenvalue weighted by atomic mass is 10.2. The van der Waals surface area contributed by atoms with Crippen molar-refractivity contribution in [3.05, 3.63) is 29.8 Å². The van der Waals surface area contributed by atoms with Crippen LogP contribution in [0.2, 0.25) is 0 Å². The van der Waals surface area contributed by atoms with Gasteiger partial charge in [-0.2, -0.15) is 0 Å². The predicted octanol–water partition coefficient (Wildman–Crippen LogP) is 1.86. The molecule has 2 aliphatic heterocycles. The van der Waals surface area contributed by atoms with Gasteiger partial charge in [0.05, 0.1) is 18.4 Å². The number of hydrogen-bond donors (Lipinski definition) is 1. The molecule has 24 heavy (non-hydrogen) atoms. The van der Waals surface area contributed by atoms with Crippen LogP contribution in [0, 0.1) is 11.6 Å². The van der Waals surface area contributed by atoms with Gasteiger partial charge < -0.3 is 19.7 Å². The van der Waals surface area contributed by atoms with Crippen molar-refractivity contribution < 1.29 is 23.0 Å². The van der Waals surface area contributed by atoms with E-state index in [2.05, 4.69) is 5.32 Å². The third-order valence-electron chi connectivity index (χ3n) is 4.36. The summed E-state index contributed by atoms with van der Waals surface area (Å²) < 4.78 is 37.6. The Labute approximate surface area is 139 Å². The number of halogens is 2. The lowest BCUT2D eigenvalue weighted by Crippen LogP contribution is -2.39. The Kier molecular flexibility index (Phi) is 5.63. The Morgan fingerprint density at radius 3 is 3.00 bits per heavy atom. The van der Waals surface area contributed by atoms with Gasteiger partial charge in [-0.05, 0) is 31.4 Å². The predicted molar refractivity (Wildman–Crippen MR) is 84.9 cm³/mol. The van der Waals surface area contributed by atoms with Gasteiger partial charge in [-0.1, -0.05) is 0 Å². The second-order valence-electron chi connectivity index (χ2n) is 6.25. The molecule has 2 unspecified atom stereocenters. The second kappa shape index (κ2) is 7.90. The molecular formula is C17H22F2N2O3. The number of ether oxygens (including phenoxy) is 2. The molecule has 0 saturated carbocycles. The first-order chi connectivity index (χ1) is 11.6. The van der Waals surface area contributed by atoms with Crippen LogP contribution >= 0.6 is 0 Å². The number of carbonyl (C=O) groups is 1. The second-order valence-corrected chi connectivity index (χ2v) is 6.25. The molecule has 5 nitrogen and oxygen atoms in total. The average molecular weight is 340 g/mol. The Morgan fingerprint density at radius 1 is 1.38 bits per heavy atom. The van der Waals surface area contributed by atoms with E-state index in [1.165, 1.54) is 12.1 Å². The Bertz CT molecular complexity index is 579. The topological polar surface area (TPSA) is 50.8 Å². The number of anilines is 1. The highest BCUT2D eigenvalue weighted by Gasteiger charge is 2.26. The summed E-state index contributed by atoms with van der Waals surface area (Å²) in [5.41, 5.74) is 0.364. The van der Waals surface area contributed by atoms with Crippen LogP contribution < -0.4 is 10.2 Å². The van der Waals surface area contributed by atoms with Crippen molar-refractivity contribution in [3.63, 3.8) is 0 Å². The zero-order valence-electron chi connectivity index (χ0n) is 13.5. The third kappa shape index (κ3) is 4.42. The largest absolute Gasteiger partial charge is 0.376 e. The van der Waals surface area contributed by atoms with E-state index in [1.54, 1.807) is 0 Å². The van der Waals surface area contributed by atoms with Crippen LogP contribution in [0.5, 0.6) is 0 Å². The highest BCUT2D eigenvalue weighted by atomic mass is 19.1. The van der Waals surface area contributed by atoms with E-state index in [0.717, 1.165) is 25.5 Å². The number of hydrogen-bond acceptors (Lipinski definition) is 4. The highest BCUT2D eigenvalue weighted by Crippen LogP contribution is 2.24. The molecule has 2 heterocycles. The summed E-state index contributed by atoms with van der Waals surface area (Å²) in [6.07, 6.45) is 2.83. The molecular weight excluding hydrogens is 318 g/mol. The van der Waals surface area contributed by atoms with Gasteiger partial charge in [-0.25, -0.2) is 8.78 Å². The molecule has 1 amide bonds. The fourth-order valence-electron chi connectivity index (χ4n) is 3.16. The summed E-state index contributed by atoms with van der Waals surface area (Å²) in [7, 11) is 0. The fourth-order valence-corrected chi connectivity index (χ4v) is 3.16. The smallest absolute Gasteiger partial charge is 0.246 e. The normalized spacial score (nSPS) is 23.7. The van der Waals surface area contributed by atoms with Crippen molar-refractivity contribution in [3.8, 4) is 0 Å². The third-order valence-corrected chi connectivity index (χ3v) is 4.36. The number of rotatable bonds is 6. The fraction of sp³-hybridized carbons (Fsp3) is 0.588. The molecule has 1 N–H and O–H groups in total. The summed E-state index contributed by atoms with van der Waals surface area (Å²) in [6.45, 7) is 2.31. The molecule has 0 aromatic heterocycles. The number of nitrogens with one attached hydrogen (secondary N) is 1. The van der Waals surface area contributed by atoms with Gasteiger partial charge in [0.2, 0.25) is 5.91 Å². The quantitative estimate of drug-likeness (QED) is 0.859. The minimum atomic E-state index is -0.594. The molecule has 7 heteroatoms. The van der Waals surface area contributed by atoms with Crippen LogP contribution in [0.3, 0.4) is 0 Å². The number of nitrogens with zero attached hydrogens (tertiary/aromatic N) is 1. The van der Waals surface area contributed by atoms with Crippen LogP contribution in [0.25, 0.3) is 0 Å². The van der Waals surface area contributed by atoms with E-state index in [4.69, 9.17) is 9.47 Å². The molecule has 2 fully saturated rings. The lowest BCUT2D eigenvalue weighted by Gasteiger charge is -2.19. The van der Waals surface area contributed by atoms with Crippen molar-refractivity contribution in [2.75, 3.05) is 37.8 Å². The Morgan fingerprint density at radius 2 is 2.25 bits per heavy atom. The van der Waals surface area contributed by atoms with Crippen LogP contribution in [-0.4, -0.2) is 51.0 Å². The molecule has 0 aliphatic carbocycles. The van der Waals surface area contributed by atoms with Crippen molar-refractivity contribution in [2.45, 2.75) is 31.4 Å².